The Hall–Kier alpha value is -1.23. The SMILES string of the molecule is Cc1ccc(C(CO)(CO)Cc2ccc(Br)cn2)cc1. The van der Waals surface area contributed by atoms with E-state index in [0.29, 0.717) is 6.42 Å². The molecule has 4 heteroatoms. The minimum Gasteiger partial charge on any atom is -0.395 e. The zero-order valence-corrected chi connectivity index (χ0v) is 13.0. The highest BCUT2D eigenvalue weighted by atomic mass is 79.9. The topological polar surface area (TPSA) is 53.4 Å². The van der Waals surface area contributed by atoms with Crippen molar-refractivity contribution in [1.29, 1.82) is 0 Å². The lowest BCUT2D eigenvalue weighted by Gasteiger charge is -2.30. The molecule has 1 aromatic carbocycles. The van der Waals surface area contributed by atoms with Crippen LogP contribution < -0.4 is 0 Å². The molecule has 0 spiro atoms. The van der Waals surface area contributed by atoms with Gasteiger partial charge in [-0.05, 0) is 40.5 Å². The molecule has 0 saturated carbocycles. The molecule has 0 bridgehead atoms. The number of aryl methyl sites for hydroxylation is 1. The van der Waals surface area contributed by atoms with Gasteiger partial charge in [-0.3, -0.25) is 4.98 Å². The molecule has 0 amide bonds. The average Bonchev–Trinajstić information content (AvgIpc) is 2.48. The number of hydrogen-bond donors (Lipinski definition) is 2. The summed E-state index contributed by atoms with van der Waals surface area (Å²) < 4.78 is 0.912. The van der Waals surface area contributed by atoms with Crippen molar-refractivity contribution in [3.63, 3.8) is 0 Å². The van der Waals surface area contributed by atoms with Gasteiger partial charge in [0.15, 0.2) is 0 Å². The Kier molecular flexibility index (Phi) is 4.91. The Morgan fingerprint density at radius 1 is 1.05 bits per heavy atom. The highest BCUT2D eigenvalue weighted by Gasteiger charge is 2.31. The summed E-state index contributed by atoms with van der Waals surface area (Å²) in [7, 11) is 0. The summed E-state index contributed by atoms with van der Waals surface area (Å²) >= 11 is 3.35. The molecular formula is C16H18BrNO2. The van der Waals surface area contributed by atoms with E-state index in [4.69, 9.17) is 0 Å². The quantitative estimate of drug-likeness (QED) is 0.883. The van der Waals surface area contributed by atoms with Gasteiger partial charge in [-0.2, -0.15) is 0 Å². The largest absolute Gasteiger partial charge is 0.395 e. The van der Waals surface area contributed by atoms with Crippen LogP contribution >= 0.6 is 15.9 Å². The molecule has 0 unspecified atom stereocenters. The molecule has 0 aliphatic rings. The maximum absolute atomic E-state index is 9.82. The number of hydrogen-bond acceptors (Lipinski definition) is 3. The van der Waals surface area contributed by atoms with E-state index < -0.39 is 5.41 Å². The molecule has 0 fully saturated rings. The highest BCUT2D eigenvalue weighted by Crippen LogP contribution is 2.28. The van der Waals surface area contributed by atoms with Gasteiger partial charge >= 0.3 is 0 Å². The van der Waals surface area contributed by atoms with Crippen molar-refractivity contribution in [3.05, 3.63) is 63.9 Å². The standard InChI is InChI=1S/C16H18BrNO2/c1-12-2-4-13(5-3-12)16(10-19,11-20)8-15-7-6-14(17)9-18-15/h2-7,9,19-20H,8,10-11H2,1H3. The van der Waals surface area contributed by atoms with E-state index in [9.17, 15) is 10.2 Å². The van der Waals surface area contributed by atoms with E-state index >= 15 is 0 Å². The van der Waals surface area contributed by atoms with E-state index in [-0.39, 0.29) is 13.2 Å². The second-order valence-electron chi connectivity index (χ2n) is 5.11. The van der Waals surface area contributed by atoms with Crippen molar-refractivity contribution < 1.29 is 10.2 Å². The summed E-state index contributed by atoms with van der Waals surface area (Å²) in [6, 6.07) is 11.7. The van der Waals surface area contributed by atoms with Crippen molar-refractivity contribution in [3.8, 4) is 0 Å². The Labute approximate surface area is 127 Å². The second-order valence-corrected chi connectivity index (χ2v) is 6.02. The minimum absolute atomic E-state index is 0.121. The maximum Gasteiger partial charge on any atom is 0.0553 e. The lowest BCUT2D eigenvalue weighted by Crippen LogP contribution is -2.37. The second kappa shape index (κ2) is 6.48. The van der Waals surface area contributed by atoms with Crippen LogP contribution in [0.3, 0.4) is 0 Å². The van der Waals surface area contributed by atoms with Gasteiger partial charge in [0.25, 0.3) is 0 Å². The number of aliphatic hydroxyl groups is 2. The number of rotatable bonds is 5. The van der Waals surface area contributed by atoms with Gasteiger partial charge in [-0.25, -0.2) is 0 Å². The number of halogens is 1. The first-order valence-corrected chi connectivity index (χ1v) is 7.28. The van der Waals surface area contributed by atoms with Crippen molar-refractivity contribution in [2.24, 2.45) is 0 Å². The van der Waals surface area contributed by atoms with Crippen LogP contribution in [0.15, 0.2) is 47.1 Å². The summed E-state index contributed by atoms with van der Waals surface area (Å²) in [5.74, 6) is 0. The summed E-state index contributed by atoms with van der Waals surface area (Å²) in [6.07, 6.45) is 2.22. The van der Waals surface area contributed by atoms with Crippen molar-refractivity contribution in [2.45, 2.75) is 18.8 Å². The normalized spacial score (nSPS) is 11.6. The average molecular weight is 336 g/mol. The van der Waals surface area contributed by atoms with Crippen molar-refractivity contribution in [1.82, 2.24) is 4.98 Å². The summed E-state index contributed by atoms with van der Waals surface area (Å²) in [4.78, 5) is 4.33. The van der Waals surface area contributed by atoms with Gasteiger partial charge in [-0.1, -0.05) is 29.8 Å². The highest BCUT2D eigenvalue weighted by molar-refractivity contribution is 9.10. The fraction of sp³-hybridized carbons (Fsp3) is 0.312. The van der Waals surface area contributed by atoms with Crippen LogP contribution in [0.5, 0.6) is 0 Å². The summed E-state index contributed by atoms with van der Waals surface area (Å²) in [6.45, 7) is 1.77. The van der Waals surface area contributed by atoms with Crippen LogP contribution in [0, 0.1) is 6.92 Å². The molecule has 3 nitrogen and oxygen atoms in total. The number of benzene rings is 1. The monoisotopic (exact) mass is 335 g/mol. The number of aromatic nitrogens is 1. The number of aliphatic hydroxyl groups excluding tert-OH is 2. The van der Waals surface area contributed by atoms with Crippen LogP contribution in [-0.2, 0) is 11.8 Å². The van der Waals surface area contributed by atoms with Crippen LogP contribution in [0.4, 0.5) is 0 Å². The third-order valence-corrected chi connectivity index (χ3v) is 4.05. The Morgan fingerprint density at radius 2 is 1.70 bits per heavy atom. The van der Waals surface area contributed by atoms with E-state index in [1.807, 2.05) is 43.3 Å². The molecule has 1 heterocycles. The van der Waals surface area contributed by atoms with E-state index in [2.05, 4.69) is 20.9 Å². The Balaban J connectivity index is 2.33. The molecule has 0 radical (unpaired) electrons. The van der Waals surface area contributed by atoms with Crippen LogP contribution in [0.2, 0.25) is 0 Å². The molecule has 106 valence electrons. The fourth-order valence-electron chi connectivity index (χ4n) is 2.21. The number of nitrogens with zero attached hydrogens (tertiary/aromatic N) is 1. The van der Waals surface area contributed by atoms with Crippen LogP contribution in [0.25, 0.3) is 0 Å². The zero-order valence-electron chi connectivity index (χ0n) is 11.4. The van der Waals surface area contributed by atoms with E-state index in [0.717, 1.165) is 21.3 Å². The molecule has 0 atom stereocenters. The number of pyridine rings is 1. The lowest BCUT2D eigenvalue weighted by atomic mass is 9.77. The first-order valence-electron chi connectivity index (χ1n) is 6.49. The van der Waals surface area contributed by atoms with Gasteiger partial charge in [0.2, 0.25) is 0 Å². The van der Waals surface area contributed by atoms with Gasteiger partial charge in [0.1, 0.15) is 0 Å². The molecule has 1 aromatic heterocycles. The Bertz CT molecular complexity index is 548. The predicted octanol–water partition coefficient (Wildman–Crippen LogP) is 2.62. The third kappa shape index (κ3) is 3.26. The maximum atomic E-state index is 9.82. The summed E-state index contributed by atoms with van der Waals surface area (Å²) in [5.41, 5.74) is 2.23. The fourth-order valence-corrected chi connectivity index (χ4v) is 2.45. The molecule has 2 aromatic rings. The van der Waals surface area contributed by atoms with Crippen molar-refractivity contribution >= 4 is 15.9 Å². The molecular weight excluding hydrogens is 318 g/mol. The van der Waals surface area contributed by atoms with Crippen LogP contribution in [0.1, 0.15) is 16.8 Å². The van der Waals surface area contributed by atoms with Crippen LogP contribution in [-0.4, -0.2) is 28.4 Å². The smallest absolute Gasteiger partial charge is 0.0553 e. The lowest BCUT2D eigenvalue weighted by molar-refractivity contribution is 0.115. The first kappa shape index (κ1) is 15.2. The molecule has 0 aliphatic carbocycles. The van der Waals surface area contributed by atoms with Gasteiger partial charge in [0, 0.05) is 28.2 Å². The van der Waals surface area contributed by atoms with E-state index in [1.54, 1.807) is 6.20 Å². The minimum atomic E-state index is -0.700. The Morgan fingerprint density at radius 3 is 2.20 bits per heavy atom. The summed E-state index contributed by atoms with van der Waals surface area (Å²) in [5, 5.41) is 19.6. The molecule has 0 aliphatic heterocycles. The molecule has 2 rings (SSSR count). The molecule has 2 N–H and O–H groups in total. The van der Waals surface area contributed by atoms with Gasteiger partial charge in [0.05, 0.1) is 13.2 Å². The zero-order chi connectivity index (χ0) is 14.6. The van der Waals surface area contributed by atoms with E-state index in [1.165, 1.54) is 0 Å². The van der Waals surface area contributed by atoms with Crippen molar-refractivity contribution in [2.75, 3.05) is 13.2 Å². The van der Waals surface area contributed by atoms with Gasteiger partial charge in [-0.15, -0.1) is 0 Å². The van der Waals surface area contributed by atoms with Gasteiger partial charge < -0.3 is 10.2 Å². The molecule has 20 heavy (non-hydrogen) atoms. The predicted molar refractivity (Wildman–Crippen MR) is 82.7 cm³/mol. The first-order chi connectivity index (χ1) is 9.59. The molecule has 0 saturated heterocycles. The third-order valence-electron chi connectivity index (χ3n) is 3.58.